The lowest BCUT2D eigenvalue weighted by molar-refractivity contribution is -0.655. The van der Waals surface area contributed by atoms with Crippen molar-refractivity contribution in [2.24, 2.45) is 0 Å². The average molecular weight is 673 g/mol. The van der Waals surface area contributed by atoms with E-state index in [1.165, 1.54) is 61.5 Å². The highest BCUT2D eigenvalue weighted by molar-refractivity contribution is 8.03. The molecule has 1 aliphatic rings. The largest absolute Gasteiger partial charge is 0.748 e. The van der Waals surface area contributed by atoms with Crippen LogP contribution < -0.4 is 14.2 Å². The van der Waals surface area contributed by atoms with Crippen LogP contribution in [0.3, 0.4) is 0 Å². The lowest BCUT2D eigenvalue weighted by Crippen LogP contribution is -2.48. The zero-order chi connectivity index (χ0) is 31.5. The molecule has 232 valence electrons. The Labute approximate surface area is 257 Å². The Bertz CT molecular complexity index is 1820. The average Bonchev–Trinajstić information content (AvgIpc) is 3.41. The SMILES string of the molecule is CCC(=C/c1sc2ccc(F)cc2[n+]1CC(=O)NS(=O)(=O)N(C)C)/C=C1\Sc2ccc(F)cc2N1CCCCS(=O)(=O)[O-]. The number of halogens is 2. The first-order valence-corrected chi connectivity index (χ1v) is 17.8. The molecule has 0 bridgehead atoms. The zero-order valence-corrected chi connectivity index (χ0v) is 26.8. The van der Waals surface area contributed by atoms with Crippen molar-refractivity contribution >= 4 is 71.3 Å². The molecule has 4 rings (SSSR count). The van der Waals surface area contributed by atoms with Gasteiger partial charge in [0.2, 0.25) is 12.1 Å². The molecule has 0 aliphatic carbocycles. The van der Waals surface area contributed by atoms with Gasteiger partial charge in [0.15, 0.2) is 0 Å². The Hall–Kier alpha value is -2.89. The predicted octanol–water partition coefficient (Wildman–Crippen LogP) is 3.96. The first-order valence-electron chi connectivity index (χ1n) is 13.1. The zero-order valence-electron chi connectivity index (χ0n) is 23.5. The molecule has 0 spiro atoms. The van der Waals surface area contributed by atoms with Crippen LogP contribution in [0.2, 0.25) is 0 Å². The molecule has 0 saturated carbocycles. The molecule has 10 nitrogen and oxygen atoms in total. The highest BCUT2D eigenvalue weighted by Gasteiger charge is 2.28. The number of benzene rings is 2. The number of thiazole rings is 1. The van der Waals surface area contributed by atoms with Crippen LogP contribution in [0.4, 0.5) is 14.5 Å². The number of carbonyl (C=O) groups excluding carboxylic acids is 1. The van der Waals surface area contributed by atoms with Crippen molar-refractivity contribution in [3.05, 3.63) is 69.7 Å². The fourth-order valence-electron chi connectivity index (χ4n) is 4.28. The van der Waals surface area contributed by atoms with E-state index in [-0.39, 0.29) is 13.0 Å². The third kappa shape index (κ3) is 8.39. The summed E-state index contributed by atoms with van der Waals surface area (Å²) in [5.74, 6) is -2.23. The van der Waals surface area contributed by atoms with Gasteiger partial charge in [0.05, 0.1) is 20.8 Å². The van der Waals surface area contributed by atoms with Crippen molar-refractivity contribution < 1.29 is 39.5 Å². The third-order valence-electron chi connectivity index (χ3n) is 6.46. The van der Waals surface area contributed by atoms with Crippen LogP contribution in [-0.2, 0) is 31.7 Å². The fraction of sp³-hybridized carbons (Fsp3) is 0.333. The van der Waals surface area contributed by atoms with Crippen molar-refractivity contribution in [2.45, 2.75) is 37.6 Å². The minimum atomic E-state index is -4.35. The number of rotatable bonds is 12. The number of hydrogen-bond donors (Lipinski definition) is 1. The molecule has 0 fully saturated rings. The summed E-state index contributed by atoms with van der Waals surface area (Å²) in [6.07, 6.45) is 4.81. The minimum absolute atomic E-state index is 0.158. The van der Waals surface area contributed by atoms with Gasteiger partial charge >= 0.3 is 10.2 Å². The number of nitrogens with one attached hydrogen (secondary N) is 1. The summed E-state index contributed by atoms with van der Waals surface area (Å²) in [6.45, 7) is 1.89. The quantitative estimate of drug-likeness (QED) is 0.174. The van der Waals surface area contributed by atoms with Crippen molar-refractivity contribution in [1.82, 2.24) is 9.03 Å². The maximum atomic E-state index is 14.2. The van der Waals surface area contributed by atoms with Crippen molar-refractivity contribution in [3.63, 3.8) is 0 Å². The number of carbonyl (C=O) groups is 1. The van der Waals surface area contributed by atoms with E-state index in [1.54, 1.807) is 16.7 Å². The number of fused-ring (bicyclic) bond motifs is 2. The van der Waals surface area contributed by atoms with E-state index in [0.29, 0.717) is 40.3 Å². The smallest absolute Gasteiger partial charge is 0.303 e. The molecule has 0 radical (unpaired) electrons. The predicted molar refractivity (Wildman–Crippen MR) is 162 cm³/mol. The Morgan fingerprint density at radius 2 is 1.79 bits per heavy atom. The second-order valence-corrected chi connectivity index (χ2v) is 15.4. The van der Waals surface area contributed by atoms with Crippen molar-refractivity contribution in [3.8, 4) is 0 Å². The van der Waals surface area contributed by atoms with Gasteiger partial charge in [-0.3, -0.25) is 4.79 Å². The summed E-state index contributed by atoms with van der Waals surface area (Å²) in [4.78, 5) is 15.5. The molecule has 0 unspecified atom stereocenters. The monoisotopic (exact) mass is 672 g/mol. The summed E-state index contributed by atoms with van der Waals surface area (Å²) in [7, 11) is -5.80. The summed E-state index contributed by atoms with van der Waals surface area (Å²) >= 11 is 2.72. The first-order chi connectivity index (χ1) is 20.2. The Morgan fingerprint density at radius 1 is 1.09 bits per heavy atom. The summed E-state index contributed by atoms with van der Waals surface area (Å²) < 4.78 is 91.0. The van der Waals surface area contributed by atoms with Crippen LogP contribution in [-0.4, -0.2) is 58.0 Å². The van der Waals surface area contributed by atoms with E-state index < -0.39 is 43.6 Å². The van der Waals surface area contributed by atoms with E-state index in [0.717, 1.165) is 19.8 Å². The number of aromatic nitrogens is 1. The number of nitrogens with zero attached hydrogens (tertiary/aromatic N) is 3. The van der Waals surface area contributed by atoms with E-state index >= 15 is 0 Å². The van der Waals surface area contributed by atoms with Gasteiger partial charge < -0.3 is 9.45 Å². The van der Waals surface area contributed by atoms with Crippen LogP contribution in [0.1, 0.15) is 31.2 Å². The molecular weight excluding hydrogens is 643 g/mol. The van der Waals surface area contributed by atoms with Crippen LogP contribution in [0.15, 0.2) is 58.0 Å². The van der Waals surface area contributed by atoms with Gasteiger partial charge in [-0.25, -0.2) is 21.9 Å². The molecule has 2 heterocycles. The molecule has 1 N–H and O–H groups in total. The molecule has 3 aromatic rings. The number of anilines is 1. The van der Waals surface area contributed by atoms with Crippen LogP contribution in [0.25, 0.3) is 16.3 Å². The molecule has 1 aromatic heterocycles. The molecular formula is C27H30F2N4O6S4. The van der Waals surface area contributed by atoms with E-state index in [4.69, 9.17) is 0 Å². The lowest BCUT2D eigenvalue weighted by atomic mass is 10.2. The topological polar surface area (TPSA) is 131 Å². The molecule has 2 aromatic carbocycles. The number of allylic oxidation sites excluding steroid dienone is 2. The normalized spacial score (nSPS) is 15.1. The van der Waals surface area contributed by atoms with Gasteiger partial charge in [-0.1, -0.05) is 30.0 Å². The van der Waals surface area contributed by atoms with Crippen LogP contribution in [0.5, 0.6) is 0 Å². The number of thioether (sulfide) groups is 1. The van der Waals surface area contributed by atoms with Crippen LogP contribution >= 0.6 is 23.1 Å². The van der Waals surface area contributed by atoms with E-state index in [2.05, 4.69) is 0 Å². The Kier molecular flexibility index (Phi) is 10.3. The fourth-order valence-corrected chi connectivity index (χ4v) is 7.64. The van der Waals surface area contributed by atoms with Crippen molar-refractivity contribution in [1.29, 1.82) is 0 Å². The molecule has 43 heavy (non-hydrogen) atoms. The van der Waals surface area contributed by atoms with Gasteiger partial charge in [0.1, 0.15) is 16.3 Å². The maximum Gasteiger partial charge on any atom is 0.303 e. The standard InChI is InChI=1S/C27H30F2N4O6S4/c1-4-18(13-26-32(11-5-6-12-42(35,36)37)21-15-19(28)7-9-23(21)40-26)14-27-33(17-25(34)30-43(38,39)31(2)3)22-16-20(29)8-10-24(22)41-27/h7-10,13-16H,4-6,11-12,17H2,1-3H3,(H-,30,34,35,36,37). The van der Waals surface area contributed by atoms with Gasteiger partial charge in [-0.05, 0) is 61.2 Å². The minimum Gasteiger partial charge on any atom is -0.748 e. The van der Waals surface area contributed by atoms with Crippen molar-refractivity contribution in [2.75, 3.05) is 31.3 Å². The third-order valence-corrected chi connectivity index (χ3v) is 10.9. The highest BCUT2D eigenvalue weighted by Crippen LogP contribution is 2.47. The summed E-state index contributed by atoms with van der Waals surface area (Å²) in [5, 5.41) is 1.33. The summed E-state index contributed by atoms with van der Waals surface area (Å²) in [6, 6.07) is 8.59. The molecule has 0 saturated heterocycles. The van der Waals surface area contributed by atoms with E-state index in [9.17, 15) is 35.0 Å². The highest BCUT2D eigenvalue weighted by atomic mass is 32.2. The lowest BCUT2D eigenvalue weighted by Gasteiger charge is -2.21. The molecule has 0 atom stereocenters. The second-order valence-electron chi connectivity index (χ2n) is 9.84. The van der Waals surface area contributed by atoms with Crippen LogP contribution in [0, 0.1) is 11.6 Å². The Balaban J connectivity index is 1.70. The van der Waals surface area contributed by atoms with Gasteiger partial charge in [-0.15, -0.1) is 0 Å². The number of unbranched alkanes of at least 4 members (excludes halogenated alkanes) is 1. The molecule has 1 aliphatic heterocycles. The number of amides is 1. The number of hydrogen-bond acceptors (Lipinski definition) is 9. The molecule has 16 heteroatoms. The first kappa shape index (κ1) is 33.0. The van der Waals surface area contributed by atoms with E-state index in [1.807, 2.05) is 28.7 Å². The molecule has 1 amide bonds. The van der Waals surface area contributed by atoms with Gasteiger partial charge in [0, 0.05) is 43.4 Å². The Morgan fingerprint density at radius 3 is 2.47 bits per heavy atom. The van der Waals surface area contributed by atoms with Gasteiger partial charge in [-0.2, -0.15) is 17.3 Å². The second kappa shape index (κ2) is 13.4. The maximum absolute atomic E-state index is 14.2. The summed E-state index contributed by atoms with van der Waals surface area (Å²) in [5.41, 5.74) is 1.86. The van der Waals surface area contributed by atoms with Gasteiger partial charge in [0.25, 0.3) is 10.9 Å².